The van der Waals surface area contributed by atoms with Crippen LogP contribution in [0.3, 0.4) is 0 Å². The van der Waals surface area contributed by atoms with E-state index in [0.717, 1.165) is 0 Å². The zero-order valence-corrected chi connectivity index (χ0v) is 15.5. The molecule has 1 aromatic carbocycles. The van der Waals surface area contributed by atoms with Gasteiger partial charge in [0.1, 0.15) is 5.69 Å². The molecule has 26 heavy (non-hydrogen) atoms. The third kappa shape index (κ3) is 4.93. The predicted octanol–water partition coefficient (Wildman–Crippen LogP) is 1.79. The summed E-state index contributed by atoms with van der Waals surface area (Å²) in [4.78, 5) is 38.6. The summed E-state index contributed by atoms with van der Waals surface area (Å²) in [5.74, 6) is -0.384. The number of nitro benzene ring substituents is 1. The highest BCUT2D eigenvalue weighted by Gasteiger charge is 2.30. The van der Waals surface area contributed by atoms with Gasteiger partial charge in [0.2, 0.25) is 11.8 Å². The number of nitrogens with zero attached hydrogens (tertiary/aromatic N) is 3. The molecule has 1 aliphatic heterocycles. The number of carbonyl (C=O) groups is 2. The molecule has 2 amide bonds. The molecular formula is C18H26N4O4. The van der Waals surface area contributed by atoms with Gasteiger partial charge in [-0.25, -0.2) is 0 Å². The van der Waals surface area contributed by atoms with Crippen molar-refractivity contribution in [3.05, 3.63) is 34.4 Å². The predicted molar refractivity (Wildman–Crippen MR) is 98.9 cm³/mol. The van der Waals surface area contributed by atoms with E-state index in [-0.39, 0.29) is 40.9 Å². The lowest BCUT2D eigenvalue weighted by atomic mass is 9.95. The summed E-state index contributed by atoms with van der Waals surface area (Å²) in [6.07, 6.45) is 1.22. The Hall–Kier alpha value is -2.64. The minimum absolute atomic E-state index is 0.0379. The summed E-state index contributed by atoms with van der Waals surface area (Å²) in [6, 6.07) is 6.70. The second kappa shape index (κ2) is 8.64. The summed E-state index contributed by atoms with van der Waals surface area (Å²) in [6.45, 7) is 4.94. The van der Waals surface area contributed by atoms with Crippen LogP contribution in [0, 0.1) is 16.0 Å². The number of benzene rings is 1. The Labute approximate surface area is 153 Å². The second-order valence-electron chi connectivity index (χ2n) is 6.92. The number of hydrogen-bond donors (Lipinski definition) is 1. The lowest BCUT2D eigenvalue weighted by molar-refractivity contribution is -0.384. The Morgan fingerprint density at radius 2 is 1.92 bits per heavy atom. The fourth-order valence-corrected chi connectivity index (χ4v) is 3.23. The second-order valence-corrected chi connectivity index (χ2v) is 6.92. The van der Waals surface area contributed by atoms with E-state index in [1.165, 1.54) is 11.0 Å². The summed E-state index contributed by atoms with van der Waals surface area (Å²) in [7, 11) is 1.64. The fourth-order valence-electron chi connectivity index (χ4n) is 3.23. The van der Waals surface area contributed by atoms with Crippen molar-refractivity contribution in [2.24, 2.45) is 5.92 Å². The number of hydrogen-bond acceptors (Lipinski definition) is 5. The van der Waals surface area contributed by atoms with Gasteiger partial charge in [-0.05, 0) is 32.8 Å². The number of para-hydroxylation sites is 2. The zero-order chi connectivity index (χ0) is 19.3. The molecule has 2 rings (SSSR count). The Bertz CT molecular complexity index is 669. The molecule has 1 saturated heterocycles. The Morgan fingerprint density at radius 1 is 1.31 bits per heavy atom. The lowest BCUT2D eigenvalue weighted by Crippen LogP contribution is -2.45. The molecule has 1 aromatic rings. The maximum atomic E-state index is 12.6. The molecule has 1 N–H and O–H groups in total. The molecule has 8 nitrogen and oxygen atoms in total. The van der Waals surface area contributed by atoms with Crippen LogP contribution in [0.5, 0.6) is 0 Å². The highest BCUT2D eigenvalue weighted by atomic mass is 16.6. The van der Waals surface area contributed by atoms with Crippen molar-refractivity contribution in [3.8, 4) is 0 Å². The zero-order valence-electron chi connectivity index (χ0n) is 15.5. The molecule has 0 saturated carbocycles. The number of anilines is 1. The van der Waals surface area contributed by atoms with E-state index in [9.17, 15) is 19.7 Å². The van der Waals surface area contributed by atoms with Gasteiger partial charge in [0, 0.05) is 38.2 Å². The van der Waals surface area contributed by atoms with E-state index in [4.69, 9.17) is 0 Å². The molecule has 142 valence electrons. The maximum absolute atomic E-state index is 12.6. The van der Waals surface area contributed by atoms with Crippen molar-refractivity contribution in [2.45, 2.75) is 32.7 Å². The van der Waals surface area contributed by atoms with Crippen LogP contribution in [-0.4, -0.2) is 54.4 Å². The van der Waals surface area contributed by atoms with Gasteiger partial charge in [-0.3, -0.25) is 19.7 Å². The number of likely N-dealkylation sites (N-methyl/N-ethyl adjacent to an activating group) is 1. The molecule has 0 aromatic heterocycles. The van der Waals surface area contributed by atoms with Crippen molar-refractivity contribution >= 4 is 23.2 Å². The monoisotopic (exact) mass is 362 g/mol. The van der Waals surface area contributed by atoms with E-state index >= 15 is 0 Å². The molecule has 0 radical (unpaired) electrons. The molecule has 0 unspecified atom stereocenters. The molecule has 0 bridgehead atoms. The number of rotatable bonds is 6. The van der Waals surface area contributed by atoms with Gasteiger partial charge in [-0.15, -0.1) is 0 Å². The van der Waals surface area contributed by atoms with E-state index in [1.54, 1.807) is 25.2 Å². The average Bonchev–Trinajstić information content (AvgIpc) is 2.60. The fraction of sp³-hybridized carbons (Fsp3) is 0.556. The largest absolute Gasteiger partial charge is 0.366 e. The van der Waals surface area contributed by atoms with E-state index in [0.29, 0.717) is 31.6 Å². The van der Waals surface area contributed by atoms with Gasteiger partial charge in [-0.2, -0.15) is 0 Å². The highest BCUT2D eigenvalue weighted by Crippen LogP contribution is 2.31. The molecule has 1 aliphatic rings. The topological polar surface area (TPSA) is 95.8 Å². The summed E-state index contributed by atoms with van der Waals surface area (Å²) in [5, 5.41) is 14.0. The van der Waals surface area contributed by atoms with Crippen molar-refractivity contribution in [1.82, 2.24) is 10.2 Å². The van der Waals surface area contributed by atoms with Gasteiger partial charge in [0.25, 0.3) is 5.69 Å². The van der Waals surface area contributed by atoms with Crippen LogP contribution in [0.25, 0.3) is 0 Å². The molecule has 0 atom stereocenters. The first-order valence-electron chi connectivity index (χ1n) is 8.82. The molecule has 0 aliphatic carbocycles. The van der Waals surface area contributed by atoms with Crippen LogP contribution in [0.4, 0.5) is 11.4 Å². The first-order valence-corrected chi connectivity index (χ1v) is 8.82. The number of nitro groups is 1. The van der Waals surface area contributed by atoms with Gasteiger partial charge in [0.05, 0.1) is 11.5 Å². The Balaban J connectivity index is 1.93. The SMILES string of the molecule is CC(C)NC(=O)CN(C)C(=O)C1CCN(c2ccccc2[N+](=O)[O-])CC1. The minimum atomic E-state index is -0.381. The average molecular weight is 362 g/mol. The Kier molecular flexibility index (Phi) is 6.54. The van der Waals surface area contributed by atoms with E-state index in [2.05, 4.69) is 5.32 Å². The first-order chi connectivity index (χ1) is 12.3. The van der Waals surface area contributed by atoms with E-state index in [1.807, 2.05) is 18.7 Å². The Morgan fingerprint density at radius 3 is 2.50 bits per heavy atom. The van der Waals surface area contributed by atoms with Gasteiger partial charge < -0.3 is 15.1 Å². The van der Waals surface area contributed by atoms with Crippen LogP contribution in [0.2, 0.25) is 0 Å². The number of piperidine rings is 1. The van der Waals surface area contributed by atoms with Gasteiger partial charge >= 0.3 is 0 Å². The third-order valence-corrected chi connectivity index (χ3v) is 4.47. The van der Waals surface area contributed by atoms with Crippen molar-refractivity contribution in [1.29, 1.82) is 0 Å². The minimum Gasteiger partial charge on any atom is -0.366 e. The molecule has 0 spiro atoms. The molecule has 1 fully saturated rings. The summed E-state index contributed by atoms with van der Waals surface area (Å²) < 4.78 is 0. The van der Waals surface area contributed by atoms with Gasteiger partial charge in [-0.1, -0.05) is 12.1 Å². The van der Waals surface area contributed by atoms with Crippen LogP contribution < -0.4 is 10.2 Å². The summed E-state index contributed by atoms with van der Waals surface area (Å²) in [5.41, 5.74) is 0.674. The molecule has 8 heteroatoms. The highest BCUT2D eigenvalue weighted by molar-refractivity contribution is 5.86. The van der Waals surface area contributed by atoms with Crippen LogP contribution in [-0.2, 0) is 9.59 Å². The van der Waals surface area contributed by atoms with E-state index < -0.39 is 0 Å². The molecular weight excluding hydrogens is 336 g/mol. The standard InChI is InChI=1S/C18H26N4O4/c1-13(2)19-17(23)12-20(3)18(24)14-8-10-21(11-9-14)15-6-4-5-7-16(15)22(25)26/h4-7,13-14H,8-12H2,1-3H3,(H,19,23). The summed E-state index contributed by atoms with van der Waals surface area (Å²) >= 11 is 0. The maximum Gasteiger partial charge on any atom is 0.292 e. The van der Waals surface area contributed by atoms with Crippen molar-refractivity contribution < 1.29 is 14.5 Å². The molecule has 1 heterocycles. The number of nitrogens with one attached hydrogen (secondary N) is 1. The number of amides is 2. The first kappa shape index (κ1) is 19.7. The lowest BCUT2D eigenvalue weighted by Gasteiger charge is -2.34. The number of carbonyl (C=O) groups excluding carboxylic acids is 2. The smallest absolute Gasteiger partial charge is 0.292 e. The van der Waals surface area contributed by atoms with Crippen molar-refractivity contribution in [2.75, 3.05) is 31.6 Å². The van der Waals surface area contributed by atoms with Gasteiger partial charge in [0.15, 0.2) is 0 Å². The quantitative estimate of drug-likeness (QED) is 0.615. The van der Waals surface area contributed by atoms with Crippen molar-refractivity contribution in [3.63, 3.8) is 0 Å². The van der Waals surface area contributed by atoms with Crippen LogP contribution in [0.1, 0.15) is 26.7 Å². The van der Waals surface area contributed by atoms with Crippen LogP contribution in [0.15, 0.2) is 24.3 Å². The third-order valence-electron chi connectivity index (χ3n) is 4.47. The normalized spacial score (nSPS) is 15.0. The van der Waals surface area contributed by atoms with Crippen LogP contribution >= 0.6 is 0 Å².